The molecule has 0 aromatic carbocycles. The molecule has 9 heteroatoms. The first-order valence-corrected chi connectivity index (χ1v) is 32.5. The van der Waals surface area contributed by atoms with E-state index in [1.807, 2.05) is 0 Å². The third-order valence-corrected chi connectivity index (χ3v) is 15.8. The van der Waals surface area contributed by atoms with Crippen molar-refractivity contribution in [1.29, 1.82) is 0 Å². The molecule has 6 N–H and O–H groups in total. The van der Waals surface area contributed by atoms with Gasteiger partial charge in [-0.05, 0) is 44.9 Å². The lowest BCUT2D eigenvalue weighted by Gasteiger charge is -2.40. The molecule has 0 bridgehead atoms. The molecule has 1 aliphatic heterocycles. The fraction of sp³-hybridized carbons (Fsp3) is 0.923. The van der Waals surface area contributed by atoms with E-state index in [1.54, 1.807) is 0 Å². The van der Waals surface area contributed by atoms with Gasteiger partial charge < -0.3 is 40.3 Å². The van der Waals surface area contributed by atoms with Gasteiger partial charge >= 0.3 is 0 Å². The lowest BCUT2D eigenvalue weighted by Crippen LogP contribution is -2.60. The van der Waals surface area contributed by atoms with Gasteiger partial charge in [0, 0.05) is 6.42 Å². The Morgan fingerprint density at radius 2 is 0.797 bits per heavy atom. The number of ether oxygens (including phenoxy) is 2. The SMILES string of the molecule is CCCCC/C=C\C/C=C\CCCCCCCCCCCC(=O)NC(COC1OC(CO)C(O)C(O)C1O)C(O)CCCCCCCCCCCCCCCCCCCCCCCCCCCCCCCCCC. The summed E-state index contributed by atoms with van der Waals surface area (Å²) in [6, 6.07) is -0.721. The fourth-order valence-electron chi connectivity index (χ4n) is 10.7. The van der Waals surface area contributed by atoms with Crippen LogP contribution in [-0.2, 0) is 14.3 Å². The second kappa shape index (κ2) is 55.0. The summed E-state index contributed by atoms with van der Waals surface area (Å²) in [6.07, 6.45) is 63.8. The highest BCUT2D eigenvalue weighted by atomic mass is 16.7. The summed E-state index contributed by atoms with van der Waals surface area (Å²) in [4.78, 5) is 13.1. The Kier molecular flexibility index (Phi) is 52.5. The monoisotopic (exact) mass is 1050 g/mol. The maximum atomic E-state index is 13.1. The van der Waals surface area contributed by atoms with Gasteiger partial charge in [0.05, 0.1) is 25.4 Å². The molecule has 0 spiro atoms. The predicted molar refractivity (Wildman–Crippen MR) is 314 cm³/mol. The Morgan fingerprint density at radius 3 is 1.19 bits per heavy atom. The van der Waals surface area contributed by atoms with E-state index >= 15 is 0 Å². The van der Waals surface area contributed by atoms with Gasteiger partial charge in [-0.1, -0.05) is 301 Å². The summed E-state index contributed by atoms with van der Waals surface area (Å²) in [5.41, 5.74) is 0. The Morgan fingerprint density at radius 1 is 0.459 bits per heavy atom. The molecule has 1 saturated heterocycles. The highest BCUT2D eigenvalue weighted by Crippen LogP contribution is 2.24. The summed E-state index contributed by atoms with van der Waals surface area (Å²) in [6.45, 7) is 3.85. The molecular formula is C65H125NO8. The van der Waals surface area contributed by atoms with Gasteiger partial charge in [-0.15, -0.1) is 0 Å². The quantitative estimate of drug-likeness (QED) is 0.0261. The zero-order chi connectivity index (χ0) is 53.6. The Balaban J connectivity index is 2.11. The van der Waals surface area contributed by atoms with Crippen molar-refractivity contribution in [3.8, 4) is 0 Å². The van der Waals surface area contributed by atoms with Gasteiger partial charge in [-0.3, -0.25) is 4.79 Å². The molecule has 0 aromatic heterocycles. The first-order chi connectivity index (χ1) is 36.3. The van der Waals surface area contributed by atoms with Crippen LogP contribution in [0.5, 0.6) is 0 Å². The summed E-state index contributed by atoms with van der Waals surface area (Å²) in [5, 5.41) is 54.8. The Hall–Kier alpha value is -1.33. The number of unbranched alkanes of at least 4 members (excludes halogenated alkanes) is 43. The summed E-state index contributed by atoms with van der Waals surface area (Å²) >= 11 is 0. The molecule has 1 aliphatic rings. The highest BCUT2D eigenvalue weighted by molar-refractivity contribution is 5.76. The molecular weight excluding hydrogens is 923 g/mol. The van der Waals surface area contributed by atoms with E-state index in [-0.39, 0.29) is 12.5 Å². The zero-order valence-corrected chi connectivity index (χ0v) is 48.9. The van der Waals surface area contributed by atoms with Crippen molar-refractivity contribution in [2.75, 3.05) is 13.2 Å². The lowest BCUT2D eigenvalue weighted by atomic mass is 9.99. The molecule has 1 heterocycles. The van der Waals surface area contributed by atoms with Gasteiger partial charge in [0.15, 0.2) is 6.29 Å². The Bertz CT molecular complexity index is 1210. The summed E-state index contributed by atoms with van der Waals surface area (Å²) < 4.78 is 11.3. The van der Waals surface area contributed by atoms with Crippen molar-refractivity contribution in [3.05, 3.63) is 24.3 Å². The number of carbonyl (C=O) groups is 1. The van der Waals surface area contributed by atoms with Crippen molar-refractivity contribution in [2.45, 2.75) is 371 Å². The van der Waals surface area contributed by atoms with Gasteiger partial charge in [0.25, 0.3) is 0 Å². The number of hydrogen-bond acceptors (Lipinski definition) is 8. The molecule has 7 unspecified atom stereocenters. The van der Waals surface area contributed by atoms with Crippen LogP contribution in [0.1, 0.15) is 328 Å². The van der Waals surface area contributed by atoms with Crippen molar-refractivity contribution in [3.63, 3.8) is 0 Å². The van der Waals surface area contributed by atoms with Crippen molar-refractivity contribution < 1.29 is 39.8 Å². The normalized spacial score (nSPS) is 19.0. The van der Waals surface area contributed by atoms with Gasteiger partial charge in [-0.25, -0.2) is 0 Å². The van der Waals surface area contributed by atoms with E-state index in [9.17, 15) is 30.3 Å². The number of amides is 1. The van der Waals surface area contributed by atoms with Crippen LogP contribution >= 0.6 is 0 Å². The molecule has 9 nitrogen and oxygen atoms in total. The summed E-state index contributed by atoms with van der Waals surface area (Å²) in [7, 11) is 0. The van der Waals surface area contributed by atoms with Crippen molar-refractivity contribution >= 4 is 5.91 Å². The number of aliphatic hydroxyl groups is 5. The first kappa shape index (κ1) is 70.7. The van der Waals surface area contributed by atoms with Crippen LogP contribution in [0.25, 0.3) is 0 Å². The molecule has 1 fully saturated rings. The van der Waals surface area contributed by atoms with Crippen LogP contribution in [0.2, 0.25) is 0 Å². The maximum absolute atomic E-state index is 13.1. The molecule has 0 radical (unpaired) electrons. The molecule has 0 saturated carbocycles. The van der Waals surface area contributed by atoms with E-state index in [2.05, 4.69) is 43.5 Å². The Labute approximate surface area is 458 Å². The van der Waals surface area contributed by atoms with Crippen LogP contribution in [0.15, 0.2) is 24.3 Å². The topological polar surface area (TPSA) is 149 Å². The van der Waals surface area contributed by atoms with E-state index < -0.39 is 49.5 Å². The van der Waals surface area contributed by atoms with Gasteiger partial charge in [0.2, 0.25) is 5.91 Å². The molecule has 0 aromatic rings. The molecule has 1 amide bonds. The van der Waals surface area contributed by atoms with Crippen LogP contribution in [0, 0.1) is 0 Å². The number of allylic oxidation sites excluding steroid dienone is 4. The minimum atomic E-state index is -1.55. The number of carbonyl (C=O) groups excluding carboxylic acids is 1. The van der Waals surface area contributed by atoms with E-state index in [4.69, 9.17) is 9.47 Å². The first-order valence-electron chi connectivity index (χ1n) is 32.5. The minimum Gasteiger partial charge on any atom is -0.394 e. The van der Waals surface area contributed by atoms with Crippen LogP contribution in [-0.4, -0.2) is 87.5 Å². The van der Waals surface area contributed by atoms with Gasteiger partial charge in [-0.2, -0.15) is 0 Å². The molecule has 438 valence electrons. The lowest BCUT2D eigenvalue weighted by molar-refractivity contribution is -0.302. The predicted octanol–water partition coefficient (Wildman–Crippen LogP) is 16.9. The fourth-order valence-corrected chi connectivity index (χ4v) is 10.7. The molecule has 0 aliphatic carbocycles. The smallest absolute Gasteiger partial charge is 0.220 e. The maximum Gasteiger partial charge on any atom is 0.220 e. The van der Waals surface area contributed by atoms with E-state index in [1.165, 1.54) is 257 Å². The van der Waals surface area contributed by atoms with Crippen LogP contribution in [0.4, 0.5) is 0 Å². The number of hydrogen-bond donors (Lipinski definition) is 6. The second-order valence-corrected chi connectivity index (χ2v) is 22.9. The van der Waals surface area contributed by atoms with Crippen LogP contribution < -0.4 is 5.32 Å². The average Bonchev–Trinajstić information content (AvgIpc) is 3.40. The van der Waals surface area contributed by atoms with E-state index in [0.29, 0.717) is 12.8 Å². The van der Waals surface area contributed by atoms with Crippen molar-refractivity contribution in [1.82, 2.24) is 5.32 Å². The minimum absolute atomic E-state index is 0.137. The number of rotatable bonds is 57. The molecule has 7 atom stereocenters. The van der Waals surface area contributed by atoms with Gasteiger partial charge in [0.1, 0.15) is 24.4 Å². The molecule has 74 heavy (non-hydrogen) atoms. The van der Waals surface area contributed by atoms with E-state index in [0.717, 1.165) is 44.9 Å². The highest BCUT2D eigenvalue weighted by Gasteiger charge is 2.44. The standard InChI is InChI=1S/C65H125NO8/c1-3-5-7-9-11-13-15-17-19-21-23-24-25-26-27-28-29-30-31-32-33-34-35-37-38-40-42-44-46-48-50-52-54-59(68)58(57-73-65-64(72)63(71)62(70)60(56-67)74-65)66-61(69)55-53-51-49-47-45-43-41-39-36-22-20-18-16-14-12-10-8-6-4-2/h12,14,18,20,58-60,62-65,67-68,70-72H,3-11,13,15-17,19,21-57H2,1-2H3,(H,66,69)/b14-12-,20-18-. The largest absolute Gasteiger partial charge is 0.394 e. The second-order valence-electron chi connectivity index (χ2n) is 22.9. The number of aliphatic hydroxyl groups excluding tert-OH is 5. The summed E-state index contributed by atoms with van der Waals surface area (Å²) in [5.74, 6) is -0.144. The molecule has 1 rings (SSSR count). The van der Waals surface area contributed by atoms with Crippen molar-refractivity contribution in [2.24, 2.45) is 0 Å². The zero-order valence-electron chi connectivity index (χ0n) is 48.9. The third kappa shape index (κ3) is 43.6. The third-order valence-electron chi connectivity index (χ3n) is 15.8. The van der Waals surface area contributed by atoms with Crippen LogP contribution in [0.3, 0.4) is 0 Å². The number of nitrogens with one attached hydrogen (secondary N) is 1. The average molecular weight is 1050 g/mol.